The maximum atomic E-state index is 14.2. The number of carbonyl (C=O) groups excluding carboxylic acids is 1. The van der Waals surface area contributed by atoms with Crippen LogP contribution in [0.15, 0.2) is 36.5 Å². The van der Waals surface area contributed by atoms with Crippen molar-refractivity contribution >= 4 is 23.3 Å². The van der Waals surface area contributed by atoms with Crippen molar-refractivity contribution in [2.24, 2.45) is 5.41 Å². The Morgan fingerprint density at radius 1 is 1.41 bits per heavy atom. The van der Waals surface area contributed by atoms with E-state index in [-0.39, 0.29) is 16.7 Å². The van der Waals surface area contributed by atoms with Gasteiger partial charge in [-0.3, -0.25) is 4.79 Å². The first-order valence-corrected chi connectivity index (χ1v) is 9.21. The highest BCUT2D eigenvalue weighted by Gasteiger charge is 2.51. The van der Waals surface area contributed by atoms with Crippen LogP contribution in [0.5, 0.6) is 5.75 Å². The summed E-state index contributed by atoms with van der Waals surface area (Å²) < 4.78 is 19.5. The van der Waals surface area contributed by atoms with Crippen LogP contribution in [0.25, 0.3) is 0 Å². The molecule has 0 N–H and O–H groups in total. The lowest BCUT2D eigenvalue weighted by Gasteiger charge is -2.50. The van der Waals surface area contributed by atoms with E-state index >= 15 is 0 Å². The number of hydrogen-bond acceptors (Lipinski definition) is 4. The Morgan fingerprint density at radius 2 is 2.15 bits per heavy atom. The number of pyridine rings is 1. The SMILES string of the molecule is CCN(C)C(=O)C1(Cc2cccc(OC)c2)CN(c2ncc(Cl)cc2F)C1. The minimum absolute atomic E-state index is 0.0541. The number of rotatable bonds is 6. The second-order valence-corrected chi connectivity index (χ2v) is 7.38. The van der Waals surface area contributed by atoms with Crippen LogP contribution >= 0.6 is 11.6 Å². The molecule has 2 aromatic rings. The van der Waals surface area contributed by atoms with E-state index in [9.17, 15) is 9.18 Å². The Kier molecular flexibility index (Phi) is 5.56. The van der Waals surface area contributed by atoms with Gasteiger partial charge in [0.05, 0.1) is 17.5 Å². The average molecular weight is 392 g/mol. The molecule has 0 saturated carbocycles. The average Bonchev–Trinajstić information content (AvgIpc) is 2.64. The van der Waals surface area contributed by atoms with Crippen molar-refractivity contribution in [3.05, 3.63) is 52.9 Å². The van der Waals surface area contributed by atoms with Gasteiger partial charge in [-0.2, -0.15) is 0 Å². The molecule has 1 amide bonds. The fourth-order valence-corrected chi connectivity index (χ4v) is 3.66. The normalized spacial score (nSPS) is 15.2. The van der Waals surface area contributed by atoms with Gasteiger partial charge in [0.25, 0.3) is 0 Å². The Labute approximate surface area is 163 Å². The van der Waals surface area contributed by atoms with Crippen molar-refractivity contribution in [2.45, 2.75) is 13.3 Å². The van der Waals surface area contributed by atoms with Crippen LogP contribution in [0.2, 0.25) is 5.02 Å². The molecule has 27 heavy (non-hydrogen) atoms. The van der Waals surface area contributed by atoms with Crippen LogP contribution < -0.4 is 9.64 Å². The van der Waals surface area contributed by atoms with Crippen LogP contribution in [0.4, 0.5) is 10.2 Å². The maximum absolute atomic E-state index is 14.2. The Hall–Kier alpha value is -2.34. The van der Waals surface area contributed by atoms with Gasteiger partial charge in [0.1, 0.15) is 5.75 Å². The van der Waals surface area contributed by atoms with Crippen LogP contribution in [-0.2, 0) is 11.2 Å². The van der Waals surface area contributed by atoms with Crippen LogP contribution in [-0.4, -0.2) is 49.6 Å². The van der Waals surface area contributed by atoms with Gasteiger partial charge < -0.3 is 14.5 Å². The number of benzene rings is 1. The summed E-state index contributed by atoms with van der Waals surface area (Å²) in [5.74, 6) is 0.556. The summed E-state index contributed by atoms with van der Waals surface area (Å²) in [6.07, 6.45) is 1.97. The van der Waals surface area contributed by atoms with Gasteiger partial charge in [0, 0.05) is 32.9 Å². The highest BCUT2D eigenvalue weighted by Crippen LogP contribution is 2.39. The molecular weight excluding hydrogens is 369 g/mol. The molecule has 7 heteroatoms. The molecular formula is C20H23ClFN3O2. The second-order valence-electron chi connectivity index (χ2n) is 6.94. The predicted octanol–water partition coefficient (Wildman–Crippen LogP) is 3.41. The Morgan fingerprint density at radius 3 is 2.78 bits per heavy atom. The number of hydrogen-bond donors (Lipinski definition) is 0. The topological polar surface area (TPSA) is 45.7 Å². The molecule has 0 atom stereocenters. The summed E-state index contributed by atoms with van der Waals surface area (Å²) in [5, 5.41) is 0.251. The standard InChI is InChI=1S/C20H23ClFN3O2/c1-4-24(2)19(26)20(10-14-6-5-7-16(8-14)27-3)12-25(13-20)18-17(22)9-15(21)11-23-18/h5-9,11H,4,10,12-13H2,1-3H3. The van der Waals surface area contributed by atoms with E-state index in [0.29, 0.717) is 26.1 Å². The minimum Gasteiger partial charge on any atom is -0.497 e. The van der Waals surface area contributed by atoms with Gasteiger partial charge in [0.15, 0.2) is 11.6 Å². The quantitative estimate of drug-likeness (QED) is 0.757. The van der Waals surface area contributed by atoms with Crippen molar-refractivity contribution in [1.29, 1.82) is 0 Å². The van der Waals surface area contributed by atoms with Crippen molar-refractivity contribution in [3.63, 3.8) is 0 Å². The third-order valence-corrected chi connectivity index (χ3v) is 5.23. The lowest BCUT2D eigenvalue weighted by molar-refractivity contribution is -0.142. The summed E-state index contributed by atoms with van der Waals surface area (Å²) in [4.78, 5) is 20.7. The summed E-state index contributed by atoms with van der Waals surface area (Å²) >= 11 is 5.79. The zero-order chi connectivity index (χ0) is 19.6. The molecule has 1 aliphatic heterocycles. The highest BCUT2D eigenvalue weighted by molar-refractivity contribution is 6.30. The zero-order valence-electron chi connectivity index (χ0n) is 15.7. The van der Waals surface area contributed by atoms with Gasteiger partial charge in [-0.25, -0.2) is 9.37 Å². The largest absolute Gasteiger partial charge is 0.497 e. The molecule has 2 heterocycles. The molecule has 0 radical (unpaired) electrons. The summed E-state index contributed by atoms with van der Waals surface area (Å²) in [6.45, 7) is 3.36. The van der Waals surface area contributed by atoms with E-state index in [1.807, 2.05) is 31.2 Å². The zero-order valence-corrected chi connectivity index (χ0v) is 16.5. The first-order chi connectivity index (χ1) is 12.9. The molecule has 0 spiro atoms. The monoisotopic (exact) mass is 391 g/mol. The van der Waals surface area contributed by atoms with Crippen molar-refractivity contribution in [1.82, 2.24) is 9.88 Å². The number of aromatic nitrogens is 1. The van der Waals surface area contributed by atoms with Crippen molar-refractivity contribution in [2.75, 3.05) is 38.7 Å². The molecule has 1 saturated heterocycles. The van der Waals surface area contributed by atoms with E-state index in [1.54, 1.807) is 24.0 Å². The number of carbonyl (C=O) groups is 1. The highest BCUT2D eigenvalue weighted by atomic mass is 35.5. The second kappa shape index (κ2) is 7.72. The number of nitrogens with zero attached hydrogens (tertiary/aromatic N) is 3. The van der Waals surface area contributed by atoms with E-state index in [4.69, 9.17) is 16.3 Å². The fourth-order valence-electron chi connectivity index (χ4n) is 3.52. The molecule has 1 fully saturated rings. The van der Waals surface area contributed by atoms with E-state index in [0.717, 1.165) is 11.3 Å². The molecule has 0 bridgehead atoms. The lowest BCUT2D eigenvalue weighted by atomic mass is 9.73. The van der Waals surface area contributed by atoms with Gasteiger partial charge in [-0.1, -0.05) is 23.7 Å². The fraction of sp³-hybridized carbons (Fsp3) is 0.400. The molecule has 3 rings (SSSR count). The Balaban J connectivity index is 1.86. The number of anilines is 1. The number of halogens is 2. The van der Waals surface area contributed by atoms with Gasteiger partial charge in [0.2, 0.25) is 5.91 Å². The third kappa shape index (κ3) is 3.86. The molecule has 144 valence electrons. The molecule has 1 aromatic heterocycles. The van der Waals surface area contributed by atoms with Gasteiger partial charge >= 0.3 is 0 Å². The van der Waals surface area contributed by atoms with Gasteiger partial charge in [-0.05, 0) is 37.1 Å². The summed E-state index contributed by atoms with van der Waals surface area (Å²) in [7, 11) is 3.41. The molecule has 1 aromatic carbocycles. The van der Waals surface area contributed by atoms with E-state index in [2.05, 4.69) is 4.98 Å². The third-order valence-electron chi connectivity index (χ3n) is 5.03. The maximum Gasteiger partial charge on any atom is 0.232 e. The molecule has 0 aliphatic carbocycles. The Bertz CT molecular complexity index is 840. The number of ether oxygens (including phenoxy) is 1. The van der Waals surface area contributed by atoms with Crippen LogP contribution in [0.1, 0.15) is 12.5 Å². The van der Waals surface area contributed by atoms with E-state index in [1.165, 1.54) is 12.3 Å². The minimum atomic E-state index is -0.620. The van der Waals surface area contributed by atoms with Gasteiger partial charge in [-0.15, -0.1) is 0 Å². The number of amides is 1. The number of methoxy groups -OCH3 is 1. The summed E-state index contributed by atoms with van der Waals surface area (Å²) in [5.41, 5.74) is 0.390. The van der Waals surface area contributed by atoms with Crippen LogP contribution in [0.3, 0.4) is 0 Å². The predicted molar refractivity (Wildman–Crippen MR) is 104 cm³/mol. The molecule has 5 nitrogen and oxygen atoms in total. The lowest BCUT2D eigenvalue weighted by Crippen LogP contribution is -2.65. The molecule has 0 unspecified atom stereocenters. The first-order valence-electron chi connectivity index (χ1n) is 8.83. The van der Waals surface area contributed by atoms with Crippen molar-refractivity contribution in [3.8, 4) is 5.75 Å². The van der Waals surface area contributed by atoms with Crippen LogP contribution in [0, 0.1) is 11.2 Å². The smallest absolute Gasteiger partial charge is 0.232 e. The van der Waals surface area contributed by atoms with E-state index < -0.39 is 11.2 Å². The first kappa shape index (κ1) is 19.4. The summed E-state index contributed by atoms with van der Waals surface area (Å²) in [6, 6.07) is 8.94. The van der Waals surface area contributed by atoms with Crippen molar-refractivity contribution < 1.29 is 13.9 Å². The molecule has 1 aliphatic rings.